The molecule has 4 aromatic rings. The summed E-state index contributed by atoms with van der Waals surface area (Å²) in [5, 5.41) is 6.67. The molecule has 1 atom stereocenters. The van der Waals surface area contributed by atoms with E-state index in [0.717, 1.165) is 93.0 Å². The predicted octanol–water partition coefficient (Wildman–Crippen LogP) is 4.71. The highest BCUT2D eigenvalue weighted by molar-refractivity contribution is 6.01. The Bertz CT molecular complexity index is 1840. The molecule has 7 rings (SSSR count). The molecule has 0 radical (unpaired) electrons. The number of hydrogen-bond donors (Lipinski definition) is 2. The number of fused-ring (bicyclic) bond motifs is 1. The highest BCUT2D eigenvalue weighted by Gasteiger charge is 2.29. The maximum absolute atomic E-state index is 13.0. The van der Waals surface area contributed by atoms with Crippen LogP contribution in [0, 0.1) is 0 Å². The number of imide groups is 1. The number of ether oxygens (including phenoxy) is 1. The van der Waals surface area contributed by atoms with Gasteiger partial charge in [0.25, 0.3) is 5.91 Å². The number of amides is 3. The Labute approximate surface area is 292 Å². The quantitative estimate of drug-likeness (QED) is 0.217. The summed E-state index contributed by atoms with van der Waals surface area (Å²) in [5.74, 6) is 0.657. The first-order valence-electron chi connectivity index (χ1n) is 17.8. The van der Waals surface area contributed by atoms with Crippen LogP contribution >= 0.6 is 0 Å². The van der Waals surface area contributed by atoms with Crippen LogP contribution < -0.4 is 15.4 Å². The summed E-state index contributed by atoms with van der Waals surface area (Å²) in [5.41, 5.74) is 4.50. The van der Waals surface area contributed by atoms with Crippen LogP contribution in [-0.2, 0) is 16.1 Å². The molecule has 0 spiro atoms. The molecule has 2 saturated heterocycles. The molecule has 1 saturated carbocycles. The van der Waals surface area contributed by atoms with Crippen LogP contribution in [0.3, 0.4) is 0 Å². The molecule has 4 heterocycles. The van der Waals surface area contributed by atoms with Gasteiger partial charge in [0.2, 0.25) is 17.8 Å². The fourth-order valence-corrected chi connectivity index (χ4v) is 7.40. The van der Waals surface area contributed by atoms with Crippen molar-refractivity contribution in [3.05, 3.63) is 77.6 Å². The molecule has 3 fully saturated rings. The second-order valence-electron chi connectivity index (χ2n) is 13.9. The second kappa shape index (κ2) is 15.0. The predicted molar refractivity (Wildman–Crippen MR) is 192 cm³/mol. The average molecular weight is 679 g/mol. The van der Waals surface area contributed by atoms with Gasteiger partial charge in [-0.1, -0.05) is 37.1 Å². The molecular weight excluding hydrogens is 632 g/mol. The molecule has 1 unspecified atom stereocenters. The van der Waals surface area contributed by atoms with Gasteiger partial charge in [-0.25, -0.2) is 4.98 Å². The minimum atomic E-state index is -0.253. The summed E-state index contributed by atoms with van der Waals surface area (Å²) < 4.78 is 8.21. The van der Waals surface area contributed by atoms with Gasteiger partial charge in [-0.15, -0.1) is 0 Å². The van der Waals surface area contributed by atoms with Crippen LogP contribution in [0.25, 0.3) is 11.0 Å². The number of aromatic nitrogens is 3. The number of piperazine rings is 1. The van der Waals surface area contributed by atoms with Gasteiger partial charge in [0.15, 0.2) is 0 Å². The maximum Gasteiger partial charge on any atom is 0.270 e. The first-order chi connectivity index (χ1) is 24.3. The summed E-state index contributed by atoms with van der Waals surface area (Å²) in [6.45, 7) is 6.18. The number of nitrogens with zero attached hydrogens (tertiary/aromatic N) is 6. The lowest BCUT2D eigenvalue weighted by Gasteiger charge is -2.34. The molecule has 3 amide bonds. The molecule has 12 heteroatoms. The van der Waals surface area contributed by atoms with Gasteiger partial charge in [-0.3, -0.25) is 29.5 Å². The molecule has 2 N–H and O–H groups in total. The van der Waals surface area contributed by atoms with Gasteiger partial charge >= 0.3 is 0 Å². The minimum absolute atomic E-state index is 0.0196. The lowest BCUT2D eigenvalue weighted by molar-refractivity contribution is -0.134. The van der Waals surface area contributed by atoms with Gasteiger partial charge in [-0.05, 0) is 60.7 Å². The molecule has 50 heavy (non-hydrogen) atoms. The summed E-state index contributed by atoms with van der Waals surface area (Å²) in [6, 6.07) is 18.3. The topological polar surface area (TPSA) is 125 Å². The van der Waals surface area contributed by atoms with Crippen LogP contribution in [0.2, 0.25) is 0 Å². The van der Waals surface area contributed by atoms with E-state index in [1.54, 1.807) is 25.2 Å². The van der Waals surface area contributed by atoms with E-state index in [0.29, 0.717) is 31.1 Å². The van der Waals surface area contributed by atoms with Gasteiger partial charge in [0.1, 0.15) is 23.7 Å². The van der Waals surface area contributed by atoms with Crippen LogP contribution in [0.5, 0.6) is 5.75 Å². The zero-order valence-electron chi connectivity index (χ0n) is 28.9. The van der Waals surface area contributed by atoms with Gasteiger partial charge in [0.05, 0.1) is 5.92 Å². The Morgan fingerprint density at radius 3 is 2.48 bits per heavy atom. The lowest BCUT2D eigenvalue weighted by atomic mass is 9.89. The second-order valence-corrected chi connectivity index (χ2v) is 13.9. The number of hydrogen-bond acceptors (Lipinski definition) is 9. The fourth-order valence-electron chi connectivity index (χ4n) is 7.40. The van der Waals surface area contributed by atoms with Crippen molar-refractivity contribution in [2.45, 2.75) is 57.0 Å². The Morgan fingerprint density at radius 2 is 1.74 bits per heavy atom. The van der Waals surface area contributed by atoms with Crippen molar-refractivity contribution in [3.63, 3.8) is 0 Å². The van der Waals surface area contributed by atoms with E-state index in [4.69, 9.17) is 9.72 Å². The van der Waals surface area contributed by atoms with Crippen molar-refractivity contribution in [1.82, 2.24) is 34.6 Å². The lowest BCUT2D eigenvalue weighted by Crippen LogP contribution is -2.47. The Kier molecular flexibility index (Phi) is 10.1. The monoisotopic (exact) mass is 678 g/mol. The normalized spacial score (nSPS) is 19.1. The van der Waals surface area contributed by atoms with Gasteiger partial charge in [0, 0.05) is 83.1 Å². The number of carbonyl (C=O) groups is 3. The van der Waals surface area contributed by atoms with Crippen molar-refractivity contribution < 1.29 is 19.1 Å². The maximum atomic E-state index is 13.0. The first kappa shape index (κ1) is 33.7. The minimum Gasteiger partial charge on any atom is -0.492 e. The van der Waals surface area contributed by atoms with E-state index in [2.05, 4.69) is 42.1 Å². The molecular formula is C38H46N8O4. The smallest absolute Gasteiger partial charge is 0.270 e. The number of rotatable bonds is 11. The van der Waals surface area contributed by atoms with Crippen LogP contribution in [0.4, 0.5) is 11.6 Å². The zero-order chi connectivity index (χ0) is 34.6. The zero-order valence-corrected chi connectivity index (χ0v) is 28.9. The molecule has 1 aliphatic carbocycles. The van der Waals surface area contributed by atoms with E-state index in [1.807, 2.05) is 42.5 Å². The molecule has 12 nitrogen and oxygen atoms in total. The third-order valence-corrected chi connectivity index (χ3v) is 10.1. The molecule has 2 aromatic carbocycles. The highest BCUT2D eigenvalue weighted by Crippen LogP contribution is 2.35. The van der Waals surface area contributed by atoms with Crippen molar-refractivity contribution in [2.75, 3.05) is 58.7 Å². The summed E-state index contributed by atoms with van der Waals surface area (Å²) in [7, 11) is 3.56. The van der Waals surface area contributed by atoms with Crippen molar-refractivity contribution >= 4 is 40.4 Å². The van der Waals surface area contributed by atoms with Crippen LogP contribution in [0.1, 0.15) is 72.1 Å². The first-order valence-corrected chi connectivity index (χ1v) is 17.8. The molecule has 2 aromatic heterocycles. The third kappa shape index (κ3) is 7.66. The number of carbonyl (C=O) groups excluding carboxylic acids is 3. The SMILES string of the molecule is CN(C)C(=O)c1cc2cnc(Nc3ccc(OCCN4CCN(Cc5cccc(C6CCC(=O)NC6=O)c5)CC4)cc3)nc2n1C1CCCC1. The standard InChI is InChI=1S/C38H46N8O4/c1-43(2)37(49)33-23-28-24-39-38(42-35(28)46(33)30-8-3-4-9-30)40-29-10-12-31(13-11-29)50-21-20-44-16-18-45(19-17-44)25-26-6-5-7-27(22-26)32-14-15-34(47)41-36(32)48/h5-7,10-13,22-24,30,32H,3-4,8-9,14-21,25H2,1-2H3,(H,39,40,42)(H,41,47,48). The summed E-state index contributed by atoms with van der Waals surface area (Å²) in [4.78, 5) is 52.8. The largest absolute Gasteiger partial charge is 0.492 e. The summed E-state index contributed by atoms with van der Waals surface area (Å²) >= 11 is 0. The molecule has 3 aliphatic rings. The number of anilines is 2. The number of nitrogens with one attached hydrogen (secondary N) is 2. The van der Waals surface area contributed by atoms with Gasteiger partial charge < -0.3 is 19.5 Å². The Balaban J connectivity index is 0.881. The van der Waals surface area contributed by atoms with E-state index >= 15 is 0 Å². The van der Waals surface area contributed by atoms with Crippen LogP contribution in [-0.4, -0.2) is 100 Å². The van der Waals surface area contributed by atoms with E-state index in [9.17, 15) is 14.4 Å². The van der Waals surface area contributed by atoms with Gasteiger partial charge in [-0.2, -0.15) is 4.98 Å². The van der Waals surface area contributed by atoms with E-state index < -0.39 is 0 Å². The number of benzene rings is 2. The Morgan fingerprint density at radius 1 is 0.980 bits per heavy atom. The van der Waals surface area contributed by atoms with E-state index in [1.165, 1.54) is 5.56 Å². The van der Waals surface area contributed by atoms with Crippen LogP contribution in [0.15, 0.2) is 60.8 Å². The molecule has 2 aliphatic heterocycles. The molecule has 262 valence electrons. The molecule has 0 bridgehead atoms. The Hall–Kier alpha value is -4.81. The van der Waals surface area contributed by atoms with Crippen molar-refractivity contribution in [3.8, 4) is 5.75 Å². The average Bonchev–Trinajstić information content (AvgIpc) is 3.78. The fraction of sp³-hybridized carbons (Fsp3) is 0.447. The van der Waals surface area contributed by atoms with E-state index in [-0.39, 0.29) is 29.7 Å². The third-order valence-electron chi connectivity index (χ3n) is 10.1. The van der Waals surface area contributed by atoms with Crippen molar-refractivity contribution in [1.29, 1.82) is 0 Å². The number of piperidine rings is 1. The van der Waals surface area contributed by atoms with Crippen molar-refractivity contribution in [2.24, 2.45) is 0 Å². The highest BCUT2D eigenvalue weighted by atomic mass is 16.5. The summed E-state index contributed by atoms with van der Waals surface area (Å²) in [6.07, 6.45) is 7.17.